The molecule has 18 heteroatoms. The molecule has 13 nitrogen and oxygen atoms in total. The molecule has 1 fully saturated rings. The Morgan fingerprint density at radius 3 is 1.67 bits per heavy atom. The predicted octanol–water partition coefficient (Wildman–Crippen LogP) is 2.94. The zero-order chi connectivity index (χ0) is 38.6. The Hall–Kier alpha value is -3.45. The maximum Gasteiger partial charge on any atom is 0.311 e. The molecular formula is C34H50F5N3O10. The molecule has 5 atom stereocenters. The van der Waals surface area contributed by atoms with Gasteiger partial charge in [0.15, 0.2) is 6.29 Å². The summed E-state index contributed by atoms with van der Waals surface area (Å²) in [5, 5.41) is 37.8. The van der Waals surface area contributed by atoms with E-state index < -0.39 is 84.0 Å². The highest BCUT2D eigenvalue weighted by molar-refractivity contribution is 5.76. The fourth-order valence-electron chi connectivity index (χ4n) is 5.38. The number of nitrogens with one attached hydrogen (secondary N) is 3. The van der Waals surface area contributed by atoms with Crippen LogP contribution < -0.4 is 20.7 Å². The molecule has 296 valence electrons. The van der Waals surface area contributed by atoms with Gasteiger partial charge >= 0.3 is 5.97 Å². The van der Waals surface area contributed by atoms with Crippen LogP contribution in [0.2, 0.25) is 0 Å². The van der Waals surface area contributed by atoms with Crippen LogP contribution in [-0.2, 0) is 28.7 Å². The topological polar surface area (TPSA) is 193 Å². The summed E-state index contributed by atoms with van der Waals surface area (Å²) in [5.74, 6) is -14.5. The summed E-state index contributed by atoms with van der Waals surface area (Å²) in [6.07, 6.45) is 2.83. The molecule has 52 heavy (non-hydrogen) atoms. The molecule has 0 radical (unpaired) electrons. The van der Waals surface area contributed by atoms with E-state index in [1.807, 2.05) is 0 Å². The molecule has 2 rings (SSSR count). The number of esters is 1. The quantitative estimate of drug-likeness (QED) is 0.0228. The molecule has 1 heterocycles. The minimum Gasteiger partial charge on any atom is -0.420 e. The molecule has 1 aliphatic heterocycles. The predicted molar refractivity (Wildman–Crippen MR) is 174 cm³/mol. The van der Waals surface area contributed by atoms with Crippen molar-refractivity contribution in [1.82, 2.24) is 16.0 Å². The second-order valence-electron chi connectivity index (χ2n) is 12.5. The van der Waals surface area contributed by atoms with Crippen LogP contribution >= 0.6 is 0 Å². The van der Waals surface area contributed by atoms with E-state index in [1.165, 1.54) is 6.92 Å². The number of benzene rings is 1. The smallest absolute Gasteiger partial charge is 0.311 e. The van der Waals surface area contributed by atoms with Crippen LogP contribution in [0.5, 0.6) is 5.75 Å². The van der Waals surface area contributed by atoms with E-state index in [1.54, 1.807) is 0 Å². The summed E-state index contributed by atoms with van der Waals surface area (Å²) in [6, 6.07) is -1.03. The number of ether oxygens (including phenoxy) is 3. The first-order valence-electron chi connectivity index (χ1n) is 17.5. The number of aliphatic hydroxyl groups is 3. The van der Waals surface area contributed by atoms with Gasteiger partial charge in [-0.1, -0.05) is 38.5 Å². The second kappa shape index (κ2) is 24.0. The van der Waals surface area contributed by atoms with Gasteiger partial charge in [0.05, 0.1) is 6.61 Å². The second-order valence-corrected chi connectivity index (χ2v) is 12.5. The van der Waals surface area contributed by atoms with Crippen molar-refractivity contribution in [2.75, 3.05) is 26.3 Å². The minimum atomic E-state index is -2.33. The van der Waals surface area contributed by atoms with Crippen molar-refractivity contribution < 1.29 is 70.7 Å². The molecule has 3 amide bonds. The summed E-state index contributed by atoms with van der Waals surface area (Å²) in [7, 11) is 0. The van der Waals surface area contributed by atoms with E-state index in [4.69, 9.17) is 9.47 Å². The SMILES string of the molecule is CC(=O)N[C@H]1[C@H](OCCCCC(=O)NCCCNC(=O)CCCCCCCCCCC(=O)Oc2c(F)c(F)c(F)c(F)c2F)O[C@H](CO)[C@H](O)[C@@H]1O. The monoisotopic (exact) mass is 755 g/mol. The lowest BCUT2D eigenvalue weighted by Crippen LogP contribution is -2.64. The average molecular weight is 756 g/mol. The zero-order valence-corrected chi connectivity index (χ0v) is 29.2. The third-order valence-electron chi connectivity index (χ3n) is 8.25. The zero-order valence-electron chi connectivity index (χ0n) is 29.2. The molecule has 1 aromatic rings. The Labute approximate surface area is 298 Å². The molecule has 0 unspecified atom stereocenters. The minimum absolute atomic E-state index is 0.0842. The number of hydrogen-bond donors (Lipinski definition) is 6. The third kappa shape index (κ3) is 15.3. The number of halogens is 5. The molecule has 0 saturated carbocycles. The van der Waals surface area contributed by atoms with Crippen molar-refractivity contribution in [3.63, 3.8) is 0 Å². The molecule has 1 aromatic carbocycles. The van der Waals surface area contributed by atoms with E-state index in [2.05, 4.69) is 20.7 Å². The average Bonchev–Trinajstić information content (AvgIpc) is 3.11. The number of hydrogen-bond acceptors (Lipinski definition) is 10. The van der Waals surface area contributed by atoms with Crippen LogP contribution in [0.25, 0.3) is 0 Å². The van der Waals surface area contributed by atoms with E-state index in [0.717, 1.165) is 32.1 Å². The first-order valence-corrected chi connectivity index (χ1v) is 17.5. The van der Waals surface area contributed by atoms with Crippen molar-refractivity contribution in [3.8, 4) is 5.75 Å². The fourth-order valence-corrected chi connectivity index (χ4v) is 5.38. The van der Waals surface area contributed by atoms with Crippen LogP contribution in [0.1, 0.15) is 96.8 Å². The lowest BCUT2D eigenvalue weighted by atomic mass is 9.97. The van der Waals surface area contributed by atoms with Crippen molar-refractivity contribution in [3.05, 3.63) is 29.1 Å². The van der Waals surface area contributed by atoms with Crippen LogP contribution in [0.3, 0.4) is 0 Å². The molecule has 1 aliphatic rings. The van der Waals surface area contributed by atoms with Gasteiger partial charge in [0.25, 0.3) is 0 Å². The van der Waals surface area contributed by atoms with Crippen LogP contribution in [0.4, 0.5) is 22.0 Å². The van der Waals surface area contributed by atoms with Gasteiger partial charge in [0.1, 0.15) is 24.4 Å². The summed E-state index contributed by atoms with van der Waals surface area (Å²) in [6.45, 7) is 1.64. The summed E-state index contributed by atoms with van der Waals surface area (Å²) in [5.41, 5.74) is 0. The highest BCUT2D eigenvalue weighted by Crippen LogP contribution is 2.29. The Morgan fingerprint density at radius 2 is 1.15 bits per heavy atom. The highest BCUT2D eigenvalue weighted by atomic mass is 19.2. The molecule has 0 spiro atoms. The standard InChI is InChI=1S/C34H50F5N3O10/c1-20(44)42-30-32(49)31(48)21(19-43)51-34(30)50-18-11-10-14-23(46)41-17-12-16-40-22(45)13-8-6-4-2-3-5-7-9-15-24(47)52-33-28(38)26(36)25(35)27(37)29(33)39/h21,30-32,34,43,48-49H,2-19H2,1H3,(H,40,45)(H,41,46)(H,42,44)/t21-,30-,31+,32-,34-/m1/s1. The van der Waals surface area contributed by atoms with Crippen LogP contribution in [-0.4, -0.2) is 96.0 Å². The van der Waals surface area contributed by atoms with Gasteiger partial charge in [-0.2, -0.15) is 8.78 Å². The summed E-state index contributed by atoms with van der Waals surface area (Å²) >= 11 is 0. The fraction of sp³-hybridized carbons (Fsp3) is 0.706. The first-order chi connectivity index (χ1) is 24.8. The molecule has 1 saturated heterocycles. The molecule has 6 N–H and O–H groups in total. The van der Waals surface area contributed by atoms with Gasteiger partial charge in [0.2, 0.25) is 52.6 Å². The van der Waals surface area contributed by atoms with Gasteiger partial charge < -0.3 is 45.5 Å². The van der Waals surface area contributed by atoms with Gasteiger partial charge in [0, 0.05) is 45.9 Å². The molecule has 0 aromatic heterocycles. The number of amides is 3. The van der Waals surface area contributed by atoms with Crippen molar-refractivity contribution in [1.29, 1.82) is 0 Å². The number of carbonyl (C=O) groups is 4. The molecular weight excluding hydrogens is 705 g/mol. The Kier molecular flexibility index (Phi) is 20.6. The number of carbonyl (C=O) groups excluding carboxylic acids is 4. The molecule has 0 aliphatic carbocycles. The lowest BCUT2D eigenvalue weighted by Gasteiger charge is -2.42. The largest absolute Gasteiger partial charge is 0.420 e. The van der Waals surface area contributed by atoms with Crippen molar-refractivity contribution in [2.45, 2.75) is 127 Å². The van der Waals surface area contributed by atoms with Crippen LogP contribution in [0.15, 0.2) is 0 Å². The first kappa shape index (κ1) is 44.7. The Balaban J connectivity index is 1.42. The van der Waals surface area contributed by atoms with Gasteiger partial charge in [-0.3, -0.25) is 19.2 Å². The van der Waals surface area contributed by atoms with E-state index in [9.17, 15) is 56.4 Å². The number of unbranched alkanes of at least 4 members (excludes halogenated alkanes) is 8. The highest BCUT2D eigenvalue weighted by Gasteiger charge is 2.45. The van der Waals surface area contributed by atoms with Crippen molar-refractivity contribution in [2.24, 2.45) is 0 Å². The summed E-state index contributed by atoms with van der Waals surface area (Å²) < 4.78 is 82.2. The maximum atomic E-state index is 13.6. The van der Waals surface area contributed by atoms with E-state index in [0.29, 0.717) is 58.0 Å². The third-order valence-corrected chi connectivity index (χ3v) is 8.25. The number of rotatable bonds is 24. The van der Waals surface area contributed by atoms with Crippen molar-refractivity contribution >= 4 is 23.7 Å². The van der Waals surface area contributed by atoms with E-state index >= 15 is 0 Å². The normalized spacial score (nSPS) is 20.0. The number of aliphatic hydroxyl groups excluding tert-OH is 3. The lowest BCUT2D eigenvalue weighted by molar-refractivity contribution is -0.270. The summed E-state index contributed by atoms with van der Waals surface area (Å²) in [4.78, 5) is 47.4. The van der Waals surface area contributed by atoms with Crippen LogP contribution in [0, 0.1) is 29.1 Å². The maximum absolute atomic E-state index is 13.6. The Morgan fingerprint density at radius 1 is 0.673 bits per heavy atom. The van der Waals surface area contributed by atoms with Gasteiger partial charge in [-0.15, -0.1) is 0 Å². The van der Waals surface area contributed by atoms with Gasteiger partial charge in [-0.05, 0) is 32.1 Å². The molecule has 0 bridgehead atoms. The van der Waals surface area contributed by atoms with E-state index in [-0.39, 0.29) is 31.3 Å². The Bertz CT molecular complexity index is 1280. The van der Waals surface area contributed by atoms with Gasteiger partial charge in [-0.25, -0.2) is 13.2 Å².